The molecule has 110 valence electrons. The number of rotatable bonds is 6. The number of carboxylic acids is 1. The Kier molecular flexibility index (Phi) is 4.39. The number of ether oxygens (including phenoxy) is 1. The fourth-order valence-electron chi connectivity index (χ4n) is 1.73. The standard InChI is InChI=1S/C13H12N2O5S/c1-20-11-3-2-9(13(16)17)5-10(11)14-6-8-4-12(15(18)19)21-7-8/h2-5,7,14H,6H2,1H3,(H,16,17). The summed E-state index contributed by atoms with van der Waals surface area (Å²) < 4.78 is 5.15. The molecule has 0 saturated heterocycles. The highest BCUT2D eigenvalue weighted by Crippen LogP contribution is 2.28. The van der Waals surface area contributed by atoms with Crippen molar-refractivity contribution in [1.82, 2.24) is 0 Å². The van der Waals surface area contributed by atoms with Crippen LogP contribution in [0.3, 0.4) is 0 Å². The van der Waals surface area contributed by atoms with Crippen LogP contribution in [0.4, 0.5) is 10.7 Å². The Hall–Kier alpha value is -2.61. The molecule has 21 heavy (non-hydrogen) atoms. The van der Waals surface area contributed by atoms with Crippen LogP contribution < -0.4 is 10.1 Å². The summed E-state index contributed by atoms with van der Waals surface area (Å²) in [6.45, 7) is 0.337. The SMILES string of the molecule is COc1ccc(C(=O)O)cc1NCc1csc([N+](=O)[O-])c1. The van der Waals surface area contributed by atoms with Gasteiger partial charge in [0.15, 0.2) is 0 Å². The number of anilines is 1. The number of nitro groups is 1. The number of nitrogens with zero attached hydrogens (tertiary/aromatic N) is 1. The molecule has 2 N–H and O–H groups in total. The van der Waals surface area contributed by atoms with E-state index in [4.69, 9.17) is 9.84 Å². The van der Waals surface area contributed by atoms with Gasteiger partial charge in [0.2, 0.25) is 0 Å². The van der Waals surface area contributed by atoms with Crippen LogP contribution in [-0.2, 0) is 6.54 Å². The van der Waals surface area contributed by atoms with Gasteiger partial charge in [-0.3, -0.25) is 10.1 Å². The highest BCUT2D eigenvalue weighted by atomic mass is 32.1. The minimum atomic E-state index is -1.04. The van der Waals surface area contributed by atoms with Crippen LogP contribution in [0.5, 0.6) is 5.75 Å². The molecule has 1 aromatic carbocycles. The summed E-state index contributed by atoms with van der Waals surface area (Å²) in [6, 6.07) is 5.94. The highest BCUT2D eigenvalue weighted by Gasteiger charge is 2.11. The molecular formula is C13H12N2O5S. The van der Waals surface area contributed by atoms with Crippen molar-refractivity contribution in [3.63, 3.8) is 0 Å². The molecule has 0 atom stereocenters. The molecule has 7 nitrogen and oxygen atoms in total. The van der Waals surface area contributed by atoms with Gasteiger partial charge in [-0.1, -0.05) is 11.3 Å². The van der Waals surface area contributed by atoms with Crippen molar-refractivity contribution in [1.29, 1.82) is 0 Å². The molecule has 0 saturated carbocycles. The van der Waals surface area contributed by atoms with Crippen molar-refractivity contribution < 1.29 is 19.6 Å². The van der Waals surface area contributed by atoms with Crippen molar-refractivity contribution >= 4 is 28.0 Å². The van der Waals surface area contributed by atoms with Crippen LogP contribution in [0.15, 0.2) is 29.6 Å². The van der Waals surface area contributed by atoms with E-state index in [9.17, 15) is 14.9 Å². The second kappa shape index (κ2) is 6.23. The Morgan fingerprint density at radius 1 is 1.48 bits per heavy atom. The lowest BCUT2D eigenvalue weighted by Gasteiger charge is -2.11. The number of methoxy groups -OCH3 is 1. The maximum absolute atomic E-state index is 11.0. The first-order valence-electron chi connectivity index (χ1n) is 5.88. The van der Waals surface area contributed by atoms with Gasteiger partial charge in [0.05, 0.1) is 23.3 Å². The summed E-state index contributed by atoms with van der Waals surface area (Å²) in [6.07, 6.45) is 0. The Morgan fingerprint density at radius 3 is 2.81 bits per heavy atom. The molecule has 0 radical (unpaired) electrons. The van der Waals surface area contributed by atoms with Gasteiger partial charge < -0.3 is 15.2 Å². The molecule has 1 heterocycles. The minimum absolute atomic E-state index is 0.0676. The molecule has 0 bridgehead atoms. The van der Waals surface area contributed by atoms with Crippen molar-refractivity contribution in [3.05, 3.63) is 50.9 Å². The average molecular weight is 308 g/mol. The number of benzene rings is 1. The fraction of sp³-hybridized carbons (Fsp3) is 0.154. The molecule has 0 unspecified atom stereocenters. The van der Waals surface area contributed by atoms with Gasteiger partial charge in [-0.05, 0) is 23.8 Å². The molecule has 0 spiro atoms. The lowest BCUT2D eigenvalue weighted by molar-refractivity contribution is -0.380. The zero-order valence-electron chi connectivity index (χ0n) is 11.0. The molecular weight excluding hydrogens is 296 g/mol. The van der Waals surface area contributed by atoms with Gasteiger partial charge in [-0.25, -0.2) is 4.79 Å². The number of carboxylic acid groups (broad SMARTS) is 1. The maximum atomic E-state index is 11.0. The van der Waals surface area contributed by atoms with Gasteiger partial charge in [0.25, 0.3) is 0 Å². The molecule has 0 aliphatic heterocycles. The summed E-state index contributed by atoms with van der Waals surface area (Å²) in [4.78, 5) is 21.1. The summed E-state index contributed by atoms with van der Waals surface area (Å²) >= 11 is 1.05. The highest BCUT2D eigenvalue weighted by molar-refractivity contribution is 7.13. The summed E-state index contributed by atoms with van der Waals surface area (Å²) in [5, 5.41) is 24.4. The second-order valence-electron chi connectivity index (χ2n) is 4.12. The van der Waals surface area contributed by atoms with Crippen molar-refractivity contribution in [2.24, 2.45) is 0 Å². The lowest BCUT2D eigenvalue weighted by Crippen LogP contribution is -2.03. The zero-order valence-corrected chi connectivity index (χ0v) is 11.8. The van der Waals surface area contributed by atoms with E-state index in [2.05, 4.69) is 5.32 Å². The topological polar surface area (TPSA) is 102 Å². The molecule has 0 aliphatic rings. The van der Waals surface area contributed by atoms with E-state index in [0.29, 0.717) is 18.0 Å². The maximum Gasteiger partial charge on any atom is 0.335 e. The first kappa shape index (κ1) is 14.8. The van der Waals surface area contributed by atoms with Crippen molar-refractivity contribution in [3.8, 4) is 5.75 Å². The minimum Gasteiger partial charge on any atom is -0.495 e. The van der Waals surface area contributed by atoms with Crippen molar-refractivity contribution in [2.75, 3.05) is 12.4 Å². The molecule has 1 aromatic heterocycles. The van der Waals surface area contributed by atoms with E-state index < -0.39 is 10.9 Å². The lowest BCUT2D eigenvalue weighted by atomic mass is 10.2. The molecule has 2 rings (SSSR count). The Morgan fingerprint density at radius 2 is 2.24 bits per heavy atom. The first-order valence-corrected chi connectivity index (χ1v) is 6.76. The smallest absolute Gasteiger partial charge is 0.335 e. The van der Waals surface area contributed by atoms with Crippen LogP contribution in [-0.4, -0.2) is 23.1 Å². The summed E-state index contributed by atoms with van der Waals surface area (Å²) in [7, 11) is 1.48. The van der Waals surface area contributed by atoms with Gasteiger partial charge in [0.1, 0.15) is 5.75 Å². The number of carbonyl (C=O) groups is 1. The number of thiophene rings is 1. The van der Waals surface area contributed by atoms with Gasteiger partial charge in [0, 0.05) is 18.0 Å². The molecule has 8 heteroatoms. The first-order chi connectivity index (χ1) is 10.0. The predicted octanol–water partition coefficient (Wildman–Crippen LogP) is 2.98. The predicted molar refractivity (Wildman–Crippen MR) is 78.3 cm³/mol. The number of nitrogens with one attached hydrogen (secondary N) is 1. The molecule has 0 amide bonds. The quantitative estimate of drug-likeness (QED) is 0.628. The van der Waals surface area contributed by atoms with E-state index in [1.807, 2.05) is 0 Å². The third kappa shape index (κ3) is 3.48. The fourth-order valence-corrected chi connectivity index (χ4v) is 2.46. The second-order valence-corrected chi connectivity index (χ2v) is 5.01. The average Bonchev–Trinajstić information content (AvgIpc) is 2.93. The van der Waals surface area contributed by atoms with Crippen LogP contribution >= 0.6 is 11.3 Å². The summed E-state index contributed by atoms with van der Waals surface area (Å²) in [5.41, 5.74) is 1.40. The van der Waals surface area contributed by atoms with Crippen molar-refractivity contribution in [2.45, 2.75) is 6.54 Å². The Labute approximate surface area is 123 Å². The Balaban J connectivity index is 2.15. The summed E-state index contributed by atoms with van der Waals surface area (Å²) in [5.74, 6) is -0.531. The third-order valence-corrected chi connectivity index (χ3v) is 3.68. The largest absolute Gasteiger partial charge is 0.495 e. The van der Waals surface area contributed by atoms with Crippen LogP contribution in [0.25, 0.3) is 0 Å². The van der Waals surface area contributed by atoms with Crippen LogP contribution in [0, 0.1) is 10.1 Å². The molecule has 2 aromatic rings. The number of hydrogen-bond donors (Lipinski definition) is 2. The van der Waals surface area contributed by atoms with Crippen LogP contribution in [0.1, 0.15) is 15.9 Å². The van der Waals surface area contributed by atoms with E-state index in [1.165, 1.54) is 25.3 Å². The van der Waals surface area contributed by atoms with Gasteiger partial charge >= 0.3 is 11.0 Å². The molecule has 0 aliphatic carbocycles. The number of hydrogen-bond acceptors (Lipinski definition) is 6. The number of aromatic carboxylic acids is 1. The van der Waals surface area contributed by atoms with Gasteiger partial charge in [-0.15, -0.1) is 0 Å². The van der Waals surface area contributed by atoms with Gasteiger partial charge in [-0.2, -0.15) is 0 Å². The Bertz CT molecular complexity index is 683. The normalized spacial score (nSPS) is 10.1. The van der Waals surface area contributed by atoms with E-state index in [0.717, 1.165) is 16.9 Å². The third-order valence-electron chi connectivity index (χ3n) is 2.75. The molecule has 0 fully saturated rings. The van der Waals surface area contributed by atoms with Crippen LogP contribution in [0.2, 0.25) is 0 Å². The monoisotopic (exact) mass is 308 g/mol. The van der Waals surface area contributed by atoms with E-state index in [1.54, 1.807) is 11.4 Å². The zero-order chi connectivity index (χ0) is 15.4. The van der Waals surface area contributed by atoms with E-state index in [-0.39, 0.29) is 10.6 Å². The van der Waals surface area contributed by atoms with E-state index >= 15 is 0 Å².